The average molecular weight is 555 g/mol. The maximum Gasteiger partial charge on any atom is 0.433 e. The summed E-state index contributed by atoms with van der Waals surface area (Å²) in [6, 6.07) is 15.8. The molecule has 5 rings (SSSR count). The molecule has 5 aromatic rings. The Hall–Kier alpha value is -4.36. The molecule has 2 aromatic carbocycles. The number of benzene rings is 2. The van der Waals surface area contributed by atoms with Crippen molar-refractivity contribution in [3.05, 3.63) is 100 Å². The van der Waals surface area contributed by atoms with Crippen LogP contribution in [0.2, 0.25) is 0 Å². The first-order chi connectivity index (χ1) is 18.5. The van der Waals surface area contributed by atoms with Crippen LogP contribution in [-0.2, 0) is 22.7 Å². The molecule has 3 heterocycles. The van der Waals surface area contributed by atoms with Crippen LogP contribution in [0.1, 0.15) is 16.8 Å². The van der Waals surface area contributed by atoms with Gasteiger partial charge in [-0.05, 0) is 48.9 Å². The maximum atomic E-state index is 13.2. The Kier molecular flexibility index (Phi) is 6.56. The molecular weight excluding hydrogens is 533 g/mol. The normalized spacial score (nSPS) is 12.2. The Balaban J connectivity index is 1.66. The van der Waals surface area contributed by atoms with Crippen molar-refractivity contribution in [1.82, 2.24) is 29.1 Å². The zero-order chi connectivity index (χ0) is 27.9. The highest BCUT2D eigenvalue weighted by atomic mass is 32.2. The molecule has 0 unspecified atom stereocenters. The molecule has 0 atom stereocenters. The zero-order valence-electron chi connectivity index (χ0n) is 20.6. The second-order valence-electron chi connectivity index (χ2n) is 8.76. The summed E-state index contributed by atoms with van der Waals surface area (Å²) < 4.78 is 67.6. The van der Waals surface area contributed by atoms with Gasteiger partial charge in [0.15, 0.2) is 5.65 Å². The lowest BCUT2D eigenvalue weighted by Gasteiger charge is -2.11. The van der Waals surface area contributed by atoms with Gasteiger partial charge in [-0.15, -0.1) is 5.10 Å². The van der Waals surface area contributed by atoms with E-state index in [4.69, 9.17) is 0 Å². The van der Waals surface area contributed by atoms with Gasteiger partial charge in [0.05, 0.1) is 17.6 Å². The van der Waals surface area contributed by atoms with Crippen LogP contribution < -0.4 is 10.4 Å². The number of aryl methyl sites for hydroxylation is 1. The van der Waals surface area contributed by atoms with Crippen molar-refractivity contribution in [3.8, 4) is 22.3 Å². The third-order valence-corrected chi connectivity index (χ3v) is 7.58. The first-order valence-electron chi connectivity index (χ1n) is 11.6. The van der Waals surface area contributed by atoms with E-state index in [1.807, 2.05) is 31.2 Å². The molecule has 0 spiro atoms. The number of fused-ring (bicyclic) bond motifs is 1. The molecule has 0 saturated carbocycles. The molecule has 0 amide bonds. The molecule has 0 radical (unpaired) electrons. The highest BCUT2D eigenvalue weighted by molar-refractivity contribution is 7.89. The highest BCUT2D eigenvalue weighted by Crippen LogP contribution is 2.34. The van der Waals surface area contributed by atoms with Gasteiger partial charge in [-0.2, -0.15) is 22.8 Å². The van der Waals surface area contributed by atoms with Crippen LogP contribution in [-0.4, -0.2) is 39.8 Å². The fourth-order valence-corrected chi connectivity index (χ4v) is 4.81. The number of pyridine rings is 1. The number of hydrogen-bond acceptors (Lipinski definition) is 6. The lowest BCUT2D eigenvalue weighted by atomic mass is 9.96. The van der Waals surface area contributed by atoms with Gasteiger partial charge in [-0.3, -0.25) is 4.98 Å². The van der Waals surface area contributed by atoms with Crippen molar-refractivity contribution < 1.29 is 21.6 Å². The van der Waals surface area contributed by atoms with Crippen molar-refractivity contribution in [2.24, 2.45) is 0 Å². The second-order valence-corrected chi connectivity index (χ2v) is 10.6. The van der Waals surface area contributed by atoms with E-state index in [1.54, 1.807) is 12.1 Å². The van der Waals surface area contributed by atoms with Crippen LogP contribution in [0, 0.1) is 6.92 Å². The molecule has 0 aliphatic rings. The predicted molar refractivity (Wildman–Crippen MR) is 137 cm³/mol. The fourth-order valence-electron chi connectivity index (χ4n) is 4.08. The van der Waals surface area contributed by atoms with Gasteiger partial charge >= 0.3 is 11.9 Å². The molecule has 13 heteroatoms. The first-order valence-corrected chi connectivity index (χ1v) is 13.1. The SMILES string of the molecule is CNS(=O)(=O)c1ccc(-c2c(-c3ccc(C)cc3)cnn3c(=O)n(Cc4ccc(C(F)(F)F)nc4)nc23)cc1. The molecule has 1 N–H and O–H groups in total. The van der Waals surface area contributed by atoms with Crippen LogP contribution in [0.5, 0.6) is 0 Å². The third kappa shape index (κ3) is 5.05. The third-order valence-electron chi connectivity index (χ3n) is 6.15. The molecule has 9 nitrogen and oxygen atoms in total. The van der Waals surface area contributed by atoms with Gasteiger partial charge in [-0.25, -0.2) is 22.6 Å². The average Bonchev–Trinajstić information content (AvgIpc) is 3.23. The fraction of sp³-hybridized carbons (Fsp3) is 0.154. The summed E-state index contributed by atoms with van der Waals surface area (Å²) in [5.74, 6) is 0. The van der Waals surface area contributed by atoms with Crippen molar-refractivity contribution in [2.75, 3.05) is 7.05 Å². The number of aromatic nitrogens is 5. The van der Waals surface area contributed by atoms with E-state index in [-0.39, 0.29) is 17.1 Å². The van der Waals surface area contributed by atoms with E-state index in [1.165, 1.54) is 31.4 Å². The first kappa shape index (κ1) is 26.3. The minimum Gasteiger partial charge on any atom is -0.251 e. The predicted octanol–water partition coefficient (Wildman–Crippen LogP) is 3.90. The Morgan fingerprint density at radius 2 is 1.59 bits per heavy atom. The largest absolute Gasteiger partial charge is 0.433 e. The molecular formula is C26H21F3N6O3S. The monoisotopic (exact) mass is 554 g/mol. The second kappa shape index (κ2) is 9.75. The lowest BCUT2D eigenvalue weighted by Crippen LogP contribution is -2.23. The standard InChI is InChI=1S/C26H21F3N6O3S/c1-16-3-6-18(7-4-16)21-14-32-35-24(23(21)19-8-10-20(11-9-19)39(37,38)30-2)33-34(25(35)36)15-17-5-12-22(31-13-17)26(27,28)29/h3-14,30H,15H2,1-2H3. The smallest absolute Gasteiger partial charge is 0.251 e. The van der Waals surface area contributed by atoms with E-state index < -0.39 is 27.6 Å². The van der Waals surface area contributed by atoms with E-state index >= 15 is 0 Å². The topological polar surface area (TPSA) is 111 Å². The molecule has 0 saturated heterocycles. The molecule has 39 heavy (non-hydrogen) atoms. The summed E-state index contributed by atoms with van der Waals surface area (Å²) in [5.41, 5.74) is 2.51. The van der Waals surface area contributed by atoms with Gasteiger partial charge < -0.3 is 0 Å². The number of hydrogen-bond donors (Lipinski definition) is 1. The highest BCUT2D eigenvalue weighted by Gasteiger charge is 2.32. The minimum absolute atomic E-state index is 0.0634. The molecule has 0 fully saturated rings. The lowest BCUT2D eigenvalue weighted by molar-refractivity contribution is -0.141. The number of nitrogens with zero attached hydrogens (tertiary/aromatic N) is 5. The zero-order valence-corrected chi connectivity index (χ0v) is 21.5. The minimum atomic E-state index is -4.58. The Morgan fingerprint density at radius 1 is 0.923 bits per heavy atom. The number of rotatable bonds is 6. The van der Waals surface area contributed by atoms with Gasteiger partial charge in [0.1, 0.15) is 5.69 Å². The Labute approximate surface area is 220 Å². The van der Waals surface area contributed by atoms with E-state index in [0.29, 0.717) is 22.3 Å². The van der Waals surface area contributed by atoms with Crippen molar-refractivity contribution in [2.45, 2.75) is 24.5 Å². The summed E-state index contributed by atoms with van der Waals surface area (Å²) in [6.07, 6.45) is -2.00. The van der Waals surface area contributed by atoms with Gasteiger partial charge in [-0.1, -0.05) is 48.0 Å². The van der Waals surface area contributed by atoms with Crippen molar-refractivity contribution in [3.63, 3.8) is 0 Å². The Bertz CT molecular complexity index is 1830. The summed E-state index contributed by atoms with van der Waals surface area (Å²) in [7, 11) is -2.35. The van der Waals surface area contributed by atoms with Crippen LogP contribution in [0.4, 0.5) is 13.2 Å². The summed E-state index contributed by atoms with van der Waals surface area (Å²) >= 11 is 0. The molecule has 3 aromatic heterocycles. The van der Waals surface area contributed by atoms with Crippen LogP contribution in [0.15, 0.2) is 82.7 Å². The summed E-state index contributed by atoms with van der Waals surface area (Å²) in [4.78, 5) is 16.7. The van der Waals surface area contributed by atoms with Gasteiger partial charge in [0.2, 0.25) is 10.0 Å². The molecule has 0 aliphatic carbocycles. The molecule has 0 aliphatic heterocycles. The quantitative estimate of drug-likeness (QED) is 0.341. The molecule has 0 bridgehead atoms. The number of alkyl halides is 3. The Morgan fingerprint density at radius 3 is 2.18 bits per heavy atom. The number of nitrogens with one attached hydrogen (secondary N) is 1. The van der Waals surface area contributed by atoms with Crippen molar-refractivity contribution in [1.29, 1.82) is 0 Å². The van der Waals surface area contributed by atoms with E-state index in [0.717, 1.165) is 32.6 Å². The van der Waals surface area contributed by atoms with E-state index in [2.05, 4.69) is 19.9 Å². The number of halogens is 3. The van der Waals surface area contributed by atoms with Gasteiger partial charge in [0.25, 0.3) is 0 Å². The maximum absolute atomic E-state index is 13.2. The van der Waals surface area contributed by atoms with Crippen molar-refractivity contribution >= 4 is 15.7 Å². The molecule has 200 valence electrons. The van der Waals surface area contributed by atoms with Crippen LogP contribution in [0.3, 0.4) is 0 Å². The summed E-state index contributed by atoms with van der Waals surface area (Å²) in [6.45, 7) is 1.82. The summed E-state index contributed by atoms with van der Waals surface area (Å²) in [5, 5.41) is 8.77. The van der Waals surface area contributed by atoms with E-state index in [9.17, 15) is 26.4 Å². The van der Waals surface area contributed by atoms with Crippen LogP contribution in [0.25, 0.3) is 27.9 Å². The van der Waals surface area contributed by atoms with Gasteiger partial charge in [0, 0.05) is 17.3 Å². The number of sulfonamides is 1. The van der Waals surface area contributed by atoms with Crippen LogP contribution >= 0.6 is 0 Å².